The van der Waals surface area contributed by atoms with Crippen LogP contribution < -0.4 is 5.32 Å². The number of rotatable bonds is 6. The molecule has 0 bridgehead atoms. The zero-order chi connectivity index (χ0) is 19.2. The molecule has 2 amide bonds. The van der Waals surface area contributed by atoms with Crippen LogP contribution in [0.5, 0.6) is 0 Å². The number of nitrogens with zero attached hydrogens (tertiary/aromatic N) is 3. The van der Waals surface area contributed by atoms with E-state index in [1.165, 1.54) is 43.4 Å². The van der Waals surface area contributed by atoms with Crippen LogP contribution in [0.15, 0.2) is 0 Å². The molecule has 6 nitrogen and oxygen atoms in total. The van der Waals surface area contributed by atoms with Crippen LogP contribution in [0.4, 0.5) is 5.13 Å². The third-order valence-electron chi connectivity index (χ3n) is 5.75. The van der Waals surface area contributed by atoms with Crippen molar-refractivity contribution in [3.8, 4) is 0 Å². The van der Waals surface area contributed by atoms with Crippen molar-refractivity contribution in [3.05, 3.63) is 10.6 Å². The Balaban J connectivity index is 1.39. The predicted molar refractivity (Wildman–Crippen MR) is 109 cm³/mol. The summed E-state index contributed by atoms with van der Waals surface area (Å²) in [6, 6.07) is 0. The van der Waals surface area contributed by atoms with Gasteiger partial charge in [-0.25, -0.2) is 4.98 Å². The van der Waals surface area contributed by atoms with Gasteiger partial charge in [-0.15, -0.1) is 11.3 Å². The maximum atomic E-state index is 12.5. The molecule has 1 aromatic heterocycles. The Morgan fingerprint density at radius 3 is 2.48 bits per heavy atom. The van der Waals surface area contributed by atoms with Gasteiger partial charge >= 0.3 is 0 Å². The van der Waals surface area contributed by atoms with Crippen LogP contribution in [0.1, 0.15) is 56.0 Å². The largest absolute Gasteiger partial charge is 0.340 e. The molecule has 2 aliphatic rings. The molecule has 0 aromatic carbocycles. The minimum Gasteiger partial charge on any atom is -0.340 e. The van der Waals surface area contributed by atoms with Gasteiger partial charge in [0.1, 0.15) is 0 Å². The quantitative estimate of drug-likeness (QED) is 0.808. The highest BCUT2D eigenvalue weighted by atomic mass is 32.1. The van der Waals surface area contributed by atoms with E-state index in [-0.39, 0.29) is 5.91 Å². The molecule has 1 aliphatic carbocycles. The lowest BCUT2D eigenvalue weighted by molar-refractivity contribution is -0.134. The lowest BCUT2D eigenvalue weighted by Gasteiger charge is -2.35. The highest BCUT2D eigenvalue weighted by molar-refractivity contribution is 7.15. The summed E-state index contributed by atoms with van der Waals surface area (Å²) >= 11 is 1.54. The molecule has 150 valence electrons. The molecule has 1 N–H and O–H groups in total. The topological polar surface area (TPSA) is 65.5 Å². The second-order valence-electron chi connectivity index (χ2n) is 7.79. The molecule has 0 unspecified atom stereocenters. The van der Waals surface area contributed by atoms with Crippen molar-refractivity contribution in [3.63, 3.8) is 0 Å². The number of thiazole rings is 1. The average molecular weight is 393 g/mol. The summed E-state index contributed by atoms with van der Waals surface area (Å²) in [5.74, 6) is 0.870. The first-order chi connectivity index (χ1) is 13.0. The van der Waals surface area contributed by atoms with E-state index < -0.39 is 0 Å². The molecule has 7 heteroatoms. The number of piperazine rings is 1. The number of anilines is 1. The molecule has 2 heterocycles. The standard InChI is InChI=1S/C20H32N4O2S/c1-3-17-15(2)27-20(21-17)22-18(25)14-23-9-11-24(12-10-23)19(26)13-16-7-5-4-6-8-16/h16H,3-14H2,1-2H3,(H,21,22,25). The Morgan fingerprint density at radius 2 is 1.85 bits per heavy atom. The van der Waals surface area contributed by atoms with E-state index >= 15 is 0 Å². The lowest BCUT2D eigenvalue weighted by Crippen LogP contribution is -2.50. The molecule has 1 saturated heterocycles. The summed E-state index contributed by atoms with van der Waals surface area (Å²) in [5, 5.41) is 3.61. The van der Waals surface area contributed by atoms with Crippen LogP contribution in [0.25, 0.3) is 0 Å². The molecular formula is C20H32N4O2S. The molecule has 27 heavy (non-hydrogen) atoms. The molecule has 2 fully saturated rings. The average Bonchev–Trinajstić information content (AvgIpc) is 3.02. The Bertz CT molecular complexity index is 646. The van der Waals surface area contributed by atoms with Gasteiger partial charge in [0, 0.05) is 37.5 Å². The number of aromatic nitrogens is 1. The fraction of sp³-hybridized carbons (Fsp3) is 0.750. The summed E-state index contributed by atoms with van der Waals surface area (Å²) in [5.41, 5.74) is 1.06. The Kier molecular flexibility index (Phi) is 7.24. The van der Waals surface area contributed by atoms with E-state index in [9.17, 15) is 9.59 Å². The minimum absolute atomic E-state index is 0.0200. The smallest absolute Gasteiger partial charge is 0.240 e. The fourth-order valence-corrected chi connectivity index (χ4v) is 5.01. The second-order valence-corrected chi connectivity index (χ2v) is 8.99. The predicted octanol–water partition coefficient (Wildman–Crippen LogP) is 3.07. The summed E-state index contributed by atoms with van der Waals surface area (Å²) < 4.78 is 0. The van der Waals surface area contributed by atoms with Gasteiger partial charge in [0.25, 0.3) is 0 Å². The molecule has 1 saturated carbocycles. The van der Waals surface area contributed by atoms with Crippen LogP contribution in [0.2, 0.25) is 0 Å². The van der Waals surface area contributed by atoms with Crippen molar-refractivity contribution in [1.29, 1.82) is 0 Å². The van der Waals surface area contributed by atoms with Crippen LogP contribution >= 0.6 is 11.3 Å². The van der Waals surface area contributed by atoms with Gasteiger partial charge < -0.3 is 10.2 Å². The van der Waals surface area contributed by atoms with Crippen LogP contribution in [0, 0.1) is 12.8 Å². The summed E-state index contributed by atoms with van der Waals surface area (Å²) in [6.07, 6.45) is 7.90. The zero-order valence-electron chi connectivity index (χ0n) is 16.6. The van der Waals surface area contributed by atoms with E-state index in [1.807, 2.05) is 11.8 Å². The number of aryl methyl sites for hydroxylation is 2. The van der Waals surface area contributed by atoms with E-state index in [0.717, 1.165) is 43.2 Å². The Morgan fingerprint density at radius 1 is 1.15 bits per heavy atom. The van der Waals surface area contributed by atoms with Gasteiger partial charge in [-0.3, -0.25) is 14.5 Å². The first-order valence-corrected chi connectivity index (χ1v) is 11.1. The van der Waals surface area contributed by atoms with E-state index in [4.69, 9.17) is 0 Å². The van der Waals surface area contributed by atoms with Gasteiger partial charge in [0.15, 0.2) is 5.13 Å². The summed E-state index contributed by atoms with van der Waals surface area (Å²) in [4.78, 5) is 34.6. The third kappa shape index (κ3) is 5.75. The van der Waals surface area contributed by atoms with Crippen molar-refractivity contribution in [1.82, 2.24) is 14.8 Å². The van der Waals surface area contributed by atoms with E-state index in [0.29, 0.717) is 29.9 Å². The first kappa shape index (κ1) is 20.3. The van der Waals surface area contributed by atoms with E-state index in [2.05, 4.69) is 22.1 Å². The zero-order valence-corrected chi connectivity index (χ0v) is 17.4. The number of nitrogens with one attached hydrogen (secondary N) is 1. The van der Waals surface area contributed by atoms with Crippen molar-refractivity contribution in [2.24, 2.45) is 5.92 Å². The van der Waals surface area contributed by atoms with Gasteiger partial charge in [0.05, 0.1) is 12.2 Å². The van der Waals surface area contributed by atoms with Crippen LogP contribution in [-0.4, -0.2) is 59.3 Å². The van der Waals surface area contributed by atoms with Gasteiger partial charge in [-0.1, -0.05) is 26.2 Å². The maximum Gasteiger partial charge on any atom is 0.240 e. The molecule has 0 radical (unpaired) electrons. The first-order valence-electron chi connectivity index (χ1n) is 10.3. The van der Waals surface area contributed by atoms with Gasteiger partial charge in [0.2, 0.25) is 11.8 Å². The highest BCUT2D eigenvalue weighted by Gasteiger charge is 2.25. The van der Waals surface area contributed by atoms with E-state index in [1.54, 1.807) is 0 Å². The Hall–Kier alpha value is -1.47. The summed E-state index contributed by atoms with van der Waals surface area (Å²) in [6.45, 7) is 7.47. The van der Waals surface area contributed by atoms with Crippen molar-refractivity contribution in [2.75, 3.05) is 38.0 Å². The SMILES string of the molecule is CCc1nc(NC(=O)CN2CCN(C(=O)CC3CCCCC3)CC2)sc1C. The van der Waals surface area contributed by atoms with Crippen molar-refractivity contribution >= 4 is 28.3 Å². The third-order valence-corrected chi connectivity index (χ3v) is 6.68. The minimum atomic E-state index is -0.0200. The molecule has 3 rings (SSSR count). The van der Waals surface area contributed by atoms with Crippen LogP contribution in [-0.2, 0) is 16.0 Å². The summed E-state index contributed by atoms with van der Waals surface area (Å²) in [7, 11) is 0. The van der Waals surface area contributed by atoms with Gasteiger partial charge in [-0.05, 0) is 32.1 Å². The molecule has 1 aromatic rings. The fourth-order valence-electron chi connectivity index (χ4n) is 4.09. The monoisotopic (exact) mass is 392 g/mol. The molecule has 1 aliphatic heterocycles. The highest BCUT2D eigenvalue weighted by Crippen LogP contribution is 2.27. The maximum absolute atomic E-state index is 12.5. The van der Waals surface area contributed by atoms with Gasteiger partial charge in [-0.2, -0.15) is 0 Å². The molecule has 0 spiro atoms. The number of amides is 2. The lowest BCUT2D eigenvalue weighted by atomic mass is 9.86. The number of carbonyl (C=O) groups excluding carboxylic acids is 2. The number of hydrogen-bond acceptors (Lipinski definition) is 5. The normalized spacial score (nSPS) is 19.3. The molecular weight excluding hydrogens is 360 g/mol. The number of carbonyl (C=O) groups is 2. The van der Waals surface area contributed by atoms with Crippen LogP contribution in [0.3, 0.4) is 0 Å². The second kappa shape index (κ2) is 9.64. The van der Waals surface area contributed by atoms with Crippen molar-refractivity contribution < 1.29 is 9.59 Å². The van der Waals surface area contributed by atoms with Crippen molar-refractivity contribution in [2.45, 2.75) is 58.8 Å². The number of hydrogen-bond donors (Lipinski definition) is 1. The molecule has 0 atom stereocenters. The Labute approximate surface area is 166 Å².